The highest BCUT2D eigenvalue weighted by Crippen LogP contribution is 2.44. The quantitative estimate of drug-likeness (QED) is 0.396. The van der Waals surface area contributed by atoms with Crippen LogP contribution in [0.4, 0.5) is 10.5 Å². The number of carboxylic acids is 1. The number of aromatic nitrogens is 2. The maximum absolute atomic E-state index is 12.2. The molecule has 3 N–H and O–H groups in total. The predicted octanol–water partition coefficient (Wildman–Crippen LogP) is 3.62. The maximum Gasteiger partial charge on any atom is 0.407 e. The van der Waals surface area contributed by atoms with E-state index in [9.17, 15) is 14.4 Å². The Morgan fingerprint density at radius 2 is 1.68 bits per heavy atom. The van der Waals surface area contributed by atoms with Gasteiger partial charge in [0.25, 0.3) is 0 Å². The highest BCUT2D eigenvalue weighted by Gasteiger charge is 2.28. The third kappa shape index (κ3) is 5.61. The second-order valence-electron chi connectivity index (χ2n) is 8.08. The molecule has 34 heavy (non-hydrogen) atoms. The lowest BCUT2D eigenvalue weighted by Crippen LogP contribution is -2.27. The minimum absolute atomic E-state index is 0.0155. The zero-order valence-corrected chi connectivity index (χ0v) is 18.6. The van der Waals surface area contributed by atoms with Crippen LogP contribution in [0.25, 0.3) is 11.1 Å². The van der Waals surface area contributed by atoms with E-state index in [1.807, 2.05) is 24.3 Å². The van der Waals surface area contributed by atoms with Crippen molar-refractivity contribution in [2.45, 2.75) is 31.7 Å². The summed E-state index contributed by atoms with van der Waals surface area (Å²) >= 11 is 0. The second kappa shape index (κ2) is 10.7. The largest absolute Gasteiger partial charge is 0.480 e. The molecule has 1 heterocycles. The lowest BCUT2D eigenvalue weighted by molar-refractivity contribution is -0.137. The van der Waals surface area contributed by atoms with Gasteiger partial charge in [0.05, 0.1) is 11.9 Å². The smallest absolute Gasteiger partial charge is 0.407 e. The number of anilines is 1. The van der Waals surface area contributed by atoms with Gasteiger partial charge in [0.1, 0.15) is 13.2 Å². The van der Waals surface area contributed by atoms with Crippen LogP contribution in [0.1, 0.15) is 36.3 Å². The number of hydrogen-bond acceptors (Lipinski definition) is 5. The lowest BCUT2D eigenvalue weighted by atomic mass is 9.98. The Hall–Kier alpha value is -4.14. The van der Waals surface area contributed by atoms with E-state index < -0.39 is 12.1 Å². The normalized spacial score (nSPS) is 12.0. The molecule has 1 aromatic heterocycles. The first-order chi connectivity index (χ1) is 16.5. The summed E-state index contributed by atoms with van der Waals surface area (Å²) in [6.45, 7) is 0.399. The molecule has 0 radical (unpaired) electrons. The minimum atomic E-state index is -1.01. The summed E-state index contributed by atoms with van der Waals surface area (Å²) in [5.74, 6) is -1.19. The Labute approximate surface area is 196 Å². The number of unbranched alkanes of at least 4 members (excludes halogenated alkanes) is 1. The van der Waals surface area contributed by atoms with Crippen LogP contribution in [0.5, 0.6) is 0 Å². The van der Waals surface area contributed by atoms with Gasteiger partial charge in [0.2, 0.25) is 5.91 Å². The van der Waals surface area contributed by atoms with E-state index in [1.165, 1.54) is 28.2 Å². The van der Waals surface area contributed by atoms with E-state index in [-0.39, 0.29) is 31.4 Å². The molecule has 0 spiro atoms. The number of amides is 2. The molecule has 4 rings (SSSR count). The fourth-order valence-electron chi connectivity index (χ4n) is 4.13. The van der Waals surface area contributed by atoms with Gasteiger partial charge in [-0.3, -0.25) is 14.3 Å². The summed E-state index contributed by atoms with van der Waals surface area (Å²) in [6.07, 6.45) is 3.87. The Morgan fingerprint density at radius 1 is 1.00 bits per heavy atom. The van der Waals surface area contributed by atoms with Gasteiger partial charge in [-0.2, -0.15) is 5.10 Å². The molecule has 0 saturated carbocycles. The summed E-state index contributed by atoms with van der Waals surface area (Å²) in [5.41, 5.74) is 5.13. The number of carbonyl (C=O) groups is 3. The first kappa shape index (κ1) is 23.0. The van der Waals surface area contributed by atoms with Crippen LogP contribution in [0.2, 0.25) is 0 Å². The monoisotopic (exact) mass is 462 g/mol. The van der Waals surface area contributed by atoms with E-state index in [2.05, 4.69) is 40.0 Å². The highest BCUT2D eigenvalue weighted by atomic mass is 16.5. The zero-order valence-electron chi connectivity index (χ0n) is 18.6. The highest BCUT2D eigenvalue weighted by molar-refractivity contribution is 5.90. The molecular weight excluding hydrogens is 436 g/mol. The summed E-state index contributed by atoms with van der Waals surface area (Å²) < 4.78 is 6.73. The van der Waals surface area contributed by atoms with Crippen molar-refractivity contribution in [2.75, 3.05) is 18.5 Å². The van der Waals surface area contributed by atoms with Gasteiger partial charge in [0, 0.05) is 25.1 Å². The van der Waals surface area contributed by atoms with Gasteiger partial charge >= 0.3 is 12.1 Å². The Kier molecular flexibility index (Phi) is 7.22. The van der Waals surface area contributed by atoms with Crippen molar-refractivity contribution in [2.24, 2.45) is 0 Å². The van der Waals surface area contributed by atoms with E-state index in [0.717, 1.165) is 11.1 Å². The number of ether oxygens (including phenoxy) is 1. The Morgan fingerprint density at radius 3 is 2.35 bits per heavy atom. The van der Waals surface area contributed by atoms with Crippen LogP contribution in [0, 0.1) is 0 Å². The Balaban J connectivity index is 1.15. The molecule has 1 aliphatic carbocycles. The van der Waals surface area contributed by atoms with Gasteiger partial charge in [-0.15, -0.1) is 0 Å². The van der Waals surface area contributed by atoms with Crippen LogP contribution >= 0.6 is 0 Å². The molecule has 3 aromatic rings. The van der Waals surface area contributed by atoms with Crippen LogP contribution in [-0.2, 0) is 20.9 Å². The zero-order chi connectivity index (χ0) is 23.9. The average Bonchev–Trinajstić information content (AvgIpc) is 3.38. The number of nitrogens with zero attached hydrogens (tertiary/aromatic N) is 2. The van der Waals surface area contributed by atoms with Crippen molar-refractivity contribution in [3.8, 4) is 11.1 Å². The number of carboxylic acid groups (broad SMARTS) is 1. The molecule has 1 aliphatic rings. The fraction of sp³-hybridized carbons (Fsp3) is 0.280. The van der Waals surface area contributed by atoms with E-state index in [4.69, 9.17) is 9.84 Å². The third-order valence-electron chi connectivity index (χ3n) is 5.66. The number of nitrogens with one attached hydrogen (secondary N) is 2. The van der Waals surface area contributed by atoms with Crippen molar-refractivity contribution >= 4 is 23.7 Å². The number of aliphatic carboxylic acids is 1. The fourth-order valence-corrected chi connectivity index (χ4v) is 4.13. The Bertz CT molecular complexity index is 1140. The lowest BCUT2D eigenvalue weighted by Gasteiger charge is -2.14. The topological polar surface area (TPSA) is 123 Å². The van der Waals surface area contributed by atoms with E-state index in [1.54, 1.807) is 0 Å². The summed E-state index contributed by atoms with van der Waals surface area (Å²) in [7, 11) is 0. The molecule has 2 aromatic carbocycles. The van der Waals surface area contributed by atoms with E-state index in [0.29, 0.717) is 25.1 Å². The first-order valence-corrected chi connectivity index (χ1v) is 11.1. The maximum atomic E-state index is 12.2. The molecule has 176 valence electrons. The van der Waals surface area contributed by atoms with Crippen molar-refractivity contribution in [1.29, 1.82) is 0 Å². The van der Waals surface area contributed by atoms with E-state index >= 15 is 0 Å². The van der Waals surface area contributed by atoms with Gasteiger partial charge in [-0.25, -0.2) is 4.79 Å². The molecule has 9 nitrogen and oxygen atoms in total. The van der Waals surface area contributed by atoms with Crippen LogP contribution < -0.4 is 10.6 Å². The average molecular weight is 463 g/mol. The van der Waals surface area contributed by atoms with Gasteiger partial charge in [-0.05, 0) is 35.1 Å². The van der Waals surface area contributed by atoms with Gasteiger partial charge in [0.15, 0.2) is 0 Å². The van der Waals surface area contributed by atoms with Gasteiger partial charge in [-0.1, -0.05) is 48.5 Å². The molecule has 2 amide bonds. The second-order valence-corrected chi connectivity index (χ2v) is 8.08. The molecule has 0 fully saturated rings. The molecule has 9 heteroatoms. The van der Waals surface area contributed by atoms with Crippen molar-refractivity contribution in [3.05, 3.63) is 72.1 Å². The SMILES string of the molecule is O=C(O)Cn1cc(NC(=O)CCCCNC(=O)OCC2c3ccccc3-c3ccccc32)cn1. The van der Waals surface area contributed by atoms with Crippen LogP contribution in [-0.4, -0.2) is 46.0 Å². The molecular formula is C25H26N4O5. The number of benzene rings is 2. The number of hydrogen-bond donors (Lipinski definition) is 3. The van der Waals surface area contributed by atoms with Crippen LogP contribution in [0.3, 0.4) is 0 Å². The molecule has 0 aliphatic heterocycles. The molecule has 0 saturated heterocycles. The number of rotatable bonds is 10. The summed E-state index contributed by atoms with van der Waals surface area (Å²) in [6, 6.07) is 16.3. The predicted molar refractivity (Wildman–Crippen MR) is 125 cm³/mol. The summed E-state index contributed by atoms with van der Waals surface area (Å²) in [5, 5.41) is 18.0. The van der Waals surface area contributed by atoms with Gasteiger partial charge < -0.3 is 20.5 Å². The van der Waals surface area contributed by atoms with Crippen molar-refractivity contribution in [1.82, 2.24) is 15.1 Å². The van der Waals surface area contributed by atoms with Crippen LogP contribution in [0.15, 0.2) is 60.9 Å². The molecule has 0 bridgehead atoms. The third-order valence-corrected chi connectivity index (χ3v) is 5.66. The molecule has 0 unspecified atom stereocenters. The standard InChI is InChI=1S/C25H26N4O5/c30-23(28-17-13-27-29(14-17)15-24(31)32)11-5-6-12-26-25(33)34-16-22-20-9-3-1-7-18(20)19-8-2-4-10-21(19)22/h1-4,7-10,13-14,22H,5-6,11-12,15-16H2,(H,26,33)(H,28,30)(H,31,32). The number of carbonyl (C=O) groups excluding carboxylic acids is 2. The minimum Gasteiger partial charge on any atom is -0.480 e. The molecule has 0 atom stereocenters. The van der Waals surface area contributed by atoms with Crippen molar-refractivity contribution < 1.29 is 24.2 Å². The summed E-state index contributed by atoms with van der Waals surface area (Å²) in [4.78, 5) is 34.9. The van der Waals surface area contributed by atoms with Crippen molar-refractivity contribution in [3.63, 3.8) is 0 Å². The first-order valence-electron chi connectivity index (χ1n) is 11.1. The number of alkyl carbamates (subject to hydrolysis) is 1. The number of fused-ring (bicyclic) bond motifs is 3.